The van der Waals surface area contributed by atoms with Crippen molar-refractivity contribution in [2.75, 3.05) is 21.3 Å². The lowest BCUT2D eigenvalue weighted by molar-refractivity contribution is 0.178. The van der Waals surface area contributed by atoms with Crippen molar-refractivity contribution in [3.05, 3.63) is 17.7 Å². The fourth-order valence-corrected chi connectivity index (χ4v) is 1.61. The van der Waals surface area contributed by atoms with E-state index in [1.165, 1.54) is 21.3 Å². The van der Waals surface area contributed by atoms with Crippen molar-refractivity contribution in [3.63, 3.8) is 0 Å². The van der Waals surface area contributed by atoms with Crippen LogP contribution in [0.25, 0.3) is 0 Å². The van der Waals surface area contributed by atoms with Gasteiger partial charge in [0, 0.05) is 12.0 Å². The van der Waals surface area contributed by atoms with Crippen molar-refractivity contribution in [2.24, 2.45) is 0 Å². The number of terminal acetylenes is 1. The summed E-state index contributed by atoms with van der Waals surface area (Å²) in [5, 5.41) is 9.90. The standard InChI is InChI=1S/C13H16O4/c1-5-6-10(14)9-7-8-11(15-2)13(17-4)12(9)16-3/h1,7-8,10,14H,6H2,2-4H3. The van der Waals surface area contributed by atoms with Crippen LogP contribution in [0.4, 0.5) is 0 Å². The second-order valence-electron chi connectivity index (χ2n) is 3.35. The minimum atomic E-state index is -0.783. The van der Waals surface area contributed by atoms with Gasteiger partial charge in [-0.3, -0.25) is 0 Å². The van der Waals surface area contributed by atoms with Crippen LogP contribution in [0.3, 0.4) is 0 Å². The van der Waals surface area contributed by atoms with Gasteiger partial charge in [-0.1, -0.05) is 0 Å². The number of hydrogen-bond acceptors (Lipinski definition) is 4. The molecular weight excluding hydrogens is 220 g/mol. The van der Waals surface area contributed by atoms with Crippen LogP contribution in [0, 0.1) is 12.3 Å². The number of hydrogen-bond donors (Lipinski definition) is 1. The molecule has 0 aliphatic heterocycles. The second-order valence-corrected chi connectivity index (χ2v) is 3.35. The number of methoxy groups -OCH3 is 3. The number of rotatable bonds is 5. The van der Waals surface area contributed by atoms with Crippen molar-refractivity contribution in [3.8, 4) is 29.6 Å². The normalized spacial score (nSPS) is 11.5. The first kappa shape index (κ1) is 13.2. The van der Waals surface area contributed by atoms with Crippen LogP contribution < -0.4 is 14.2 Å². The molecule has 92 valence electrons. The molecule has 1 unspecified atom stereocenters. The third-order valence-electron chi connectivity index (χ3n) is 2.40. The van der Waals surface area contributed by atoms with E-state index < -0.39 is 6.10 Å². The molecule has 1 N–H and O–H groups in total. The molecule has 4 heteroatoms. The Kier molecular flexibility index (Phi) is 4.68. The third-order valence-corrected chi connectivity index (χ3v) is 2.40. The Balaban J connectivity index is 3.28. The molecule has 0 amide bonds. The molecule has 0 aromatic heterocycles. The van der Waals surface area contributed by atoms with E-state index in [1.807, 2.05) is 0 Å². The van der Waals surface area contributed by atoms with Crippen LogP contribution in [0.5, 0.6) is 17.2 Å². The fourth-order valence-electron chi connectivity index (χ4n) is 1.61. The van der Waals surface area contributed by atoms with Gasteiger partial charge in [-0.25, -0.2) is 0 Å². The average molecular weight is 236 g/mol. The number of aliphatic hydroxyl groups is 1. The maximum absolute atomic E-state index is 9.90. The first-order chi connectivity index (χ1) is 8.19. The highest BCUT2D eigenvalue weighted by Gasteiger charge is 2.20. The molecule has 0 heterocycles. The van der Waals surface area contributed by atoms with Crippen molar-refractivity contribution in [2.45, 2.75) is 12.5 Å². The maximum Gasteiger partial charge on any atom is 0.203 e. The summed E-state index contributed by atoms with van der Waals surface area (Å²) >= 11 is 0. The van der Waals surface area contributed by atoms with Crippen molar-refractivity contribution in [1.29, 1.82) is 0 Å². The summed E-state index contributed by atoms with van der Waals surface area (Å²) in [5.41, 5.74) is 0.586. The zero-order chi connectivity index (χ0) is 12.8. The molecule has 1 aromatic carbocycles. The van der Waals surface area contributed by atoms with Gasteiger partial charge in [0.25, 0.3) is 0 Å². The van der Waals surface area contributed by atoms with E-state index in [9.17, 15) is 5.11 Å². The first-order valence-corrected chi connectivity index (χ1v) is 5.10. The molecule has 4 nitrogen and oxygen atoms in total. The van der Waals surface area contributed by atoms with E-state index in [-0.39, 0.29) is 6.42 Å². The molecule has 0 radical (unpaired) electrons. The van der Waals surface area contributed by atoms with Gasteiger partial charge in [-0.2, -0.15) is 0 Å². The summed E-state index contributed by atoms with van der Waals surface area (Å²) in [7, 11) is 4.55. The highest BCUT2D eigenvalue weighted by atomic mass is 16.5. The summed E-state index contributed by atoms with van der Waals surface area (Å²) < 4.78 is 15.6. The Morgan fingerprint density at radius 2 is 1.82 bits per heavy atom. The molecule has 1 rings (SSSR count). The molecular formula is C13H16O4. The van der Waals surface area contributed by atoms with Gasteiger partial charge in [0.2, 0.25) is 5.75 Å². The van der Waals surface area contributed by atoms with Gasteiger partial charge < -0.3 is 19.3 Å². The lowest BCUT2D eigenvalue weighted by Gasteiger charge is -2.17. The summed E-state index contributed by atoms with van der Waals surface area (Å²) in [6.07, 6.45) is 4.61. The Hall–Kier alpha value is -1.86. The predicted molar refractivity (Wildman–Crippen MR) is 64.5 cm³/mol. The lowest BCUT2D eigenvalue weighted by Crippen LogP contribution is -2.03. The fraction of sp³-hybridized carbons (Fsp3) is 0.385. The zero-order valence-electron chi connectivity index (χ0n) is 10.2. The summed E-state index contributed by atoms with van der Waals surface area (Å²) in [5.74, 6) is 3.84. The predicted octanol–water partition coefficient (Wildman–Crippen LogP) is 1.77. The van der Waals surface area contributed by atoms with E-state index in [0.29, 0.717) is 22.8 Å². The summed E-state index contributed by atoms with van der Waals surface area (Å²) in [6, 6.07) is 3.42. The van der Waals surface area contributed by atoms with Gasteiger partial charge >= 0.3 is 0 Å². The van der Waals surface area contributed by atoms with E-state index >= 15 is 0 Å². The molecule has 1 aromatic rings. The van der Waals surface area contributed by atoms with Gasteiger partial charge in [-0.15, -0.1) is 12.3 Å². The zero-order valence-corrected chi connectivity index (χ0v) is 10.2. The van der Waals surface area contributed by atoms with Crippen LogP contribution in [0.15, 0.2) is 12.1 Å². The van der Waals surface area contributed by atoms with E-state index in [0.717, 1.165) is 0 Å². The Labute approximate surface area is 101 Å². The molecule has 0 spiro atoms. The van der Waals surface area contributed by atoms with Gasteiger partial charge in [0.15, 0.2) is 11.5 Å². The summed E-state index contributed by atoms with van der Waals surface area (Å²) in [6.45, 7) is 0. The number of ether oxygens (including phenoxy) is 3. The van der Waals surface area contributed by atoms with E-state index in [4.69, 9.17) is 20.6 Å². The van der Waals surface area contributed by atoms with E-state index in [2.05, 4.69) is 5.92 Å². The van der Waals surface area contributed by atoms with Gasteiger partial charge in [0.05, 0.1) is 27.4 Å². The molecule has 1 atom stereocenters. The Bertz CT molecular complexity index is 420. The number of benzene rings is 1. The van der Waals surface area contributed by atoms with Crippen molar-refractivity contribution in [1.82, 2.24) is 0 Å². The molecule has 17 heavy (non-hydrogen) atoms. The lowest BCUT2D eigenvalue weighted by atomic mass is 10.0. The van der Waals surface area contributed by atoms with Gasteiger partial charge in [-0.05, 0) is 12.1 Å². The van der Waals surface area contributed by atoms with Crippen molar-refractivity contribution >= 4 is 0 Å². The highest BCUT2D eigenvalue weighted by Crippen LogP contribution is 2.42. The van der Waals surface area contributed by atoms with Crippen LogP contribution in [0.2, 0.25) is 0 Å². The molecule has 0 saturated heterocycles. The Morgan fingerprint density at radius 1 is 1.18 bits per heavy atom. The highest BCUT2D eigenvalue weighted by molar-refractivity contribution is 5.56. The molecule has 0 aliphatic rings. The van der Waals surface area contributed by atoms with Crippen molar-refractivity contribution < 1.29 is 19.3 Å². The minimum absolute atomic E-state index is 0.214. The second kappa shape index (κ2) is 6.02. The molecule has 0 fully saturated rings. The van der Waals surface area contributed by atoms with Crippen LogP contribution >= 0.6 is 0 Å². The summed E-state index contributed by atoms with van der Waals surface area (Å²) in [4.78, 5) is 0. The SMILES string of the molecule is C#CCC(O)c1ccc(OC)c(OC)c1OC. The average Bonchev–Trinajstić information content (AvgIpc) is 2.36. The molecule has 0 saturated carbocycles. The van der Waals surface area contributed by atoms with E-state index in [1.54, 1.807) is 12.1 Å². The van der Waals surface area contributed by atoms with Crippen LogP contribution in [0.1, 0.15) is 18.1 Å². The molecule has 0 aliphatic carbocycles. The first-order valence-electron chi connectivity index (χ1n) is 5.10. The Morgan fingerprint density at radius 3 is 2.29 bits per heavy atom. The smallest absolute Gasteiger partial charge is 0.203 e. The third kappa shape index (κ3) is 2.63. The largest absolute Gasteiger partial charge is 0.493 e. The topological polar surface area (TPSA) is 47.9 Å². The monoisotopic (exact) mass is 236 g/mol. The minimum Gasteiger partial charge on any atom is -0.493 e. The maximum atomic E-state index is 9.90. The van der Waals surface area contributed by atoms with Crippen LogP contribution in [-0.4, -0.2) is 26.4 Å². The van der Waals surface area contributed by atoms with Gasteiger partial charge in [0.1, 0.15) is 0 Å². The quantitative estimate of drug-likeness (QED) is 0.791. The van der Waals surface area contributed by atoms with Crippen LogP contribution in [-0.2, 0) is 0 Å². The molecule has 0 bridgehead atoms. The number of aliphatic hydroxyl groups excluding tert-OH is 1.